The van der Waals surface area contributed by atoms with Crippen LogP contribution in [0.15, 0.2) is 28.5 Å². The van der Waals surface area contributed by atoms with Crippen LogP contribution in [-0.4, -0.2) is 50.8 Å². The number of hydrogen-bond donors (Lipinski definition) is 2. The van der Waals surface area contributed by atoms with Crippen molar-refractivity contribution in [2.75, 3.05) is 31.6 Å². The van der Waals surface area contributed by atoms with Crippen LogP contribution in [0.25, 0.3) is 0 Å². The Morgan fingerprint density at radius 3 is 2.50 bits per heavy atom. The molecule has 3 rings (SSSR count). The van der Waals surface area contributed by atoms with Crippen molar-refractivity contribution in [3.05, 3.63) is 46.8 Å². The molecular formula is C17H18FN3O5S2. The Morgan fingerprint density at radius 1 is 1.21 bits per heavy atom. The van der Waals surface area contributed by atoms with Crippen LogP contribution in [0.3, 0.4) is 0 Å². The average Bonchev–Trinajstić information content (AvgIpc) is 3.07. The predicted octanol–water partition coefficient (Wildman–Crippen LogP) is 1.57. The number of sulfonamides is 1. The Kier molecular flexibility index (Phi) is 5.79. The summed E-state index contributed by atoms with van der Waals surface area (Å²) in [5, 5.41) is 2.53. The van der Waals surface area contributed by atoms with Gasteiger partial charge in [0.25, 0.3) is 21.8 Å². The highest BCUT2D eigenvalue weighted by Gasteiger charge is 2.30. The largest absolute Gasteiger partial charge is 0.379 e. The number of anilines is 1. The van der Waals surface area contributed by atoms with Gasteiger partial charge in [-0.2, -0.15) is 4.31 Å². The molecule has 28 heavy (non-hydrogen) atoms. The summed E-state index contributed by atoms with van der Waals surface area (Å²) in [5.74, 6) is -1.95. The van der Waals surface area contributed by atoms with Gasteiger partial charge in [0.15, 0.2) is 0 Å². The van der Waals surface area contributed by atoms with Crippen molar-refractivity contribution < 1.29 is 27.1 Å². The van der Waals surface area contributed by atoms with Crippen LogP contribution in [0.2, 0.25) is 0 Å². The normalized spacial score (nSPS) is 15.4. The molecule has 8 nitrogen and oxygen atoms in total. The van der Waals surface area contributed by atoms with Gasteiger partial charge in [-0.05, 0) is 36.8 Å². The number of rotatable bonds is 5. The van der Waals surface area contributed by atoms with E-state index < -0.39 is 27.7 Å². The minimum absolute atomic E-state index is 0.0214. The number of hydrogen-bond acceptors (Lipinski definition) is 6. The second-order valence-corrected chi connectivity index (χ2v) is 9.32. The number of nitrogens with zero attached hydrogens (tertiary/aromatic N) is 1. The third-order valence-electron chi connectivity index (χ3n) is 4.20. The highest BCUT2D eigenvalue weighted by atomic mass is 32.2. The minimum atomic E-state index is -3.85. The summed E-state index contributed by atoms with van der Waals surface area (Å²) in [5.41, 5.74) is 5.84. The molecule has 11 heteroatoms. The number of carbonyl (C=O) groups is 2. The lowest BCUT2D eigenvalue weighted by molar-refractivity contribution is 0.0731. The van der Waals surface area contributed by atoms with Crippen LogP contribution in [0.4, 0.5) is 9.39 Å². The fourth-order valence-electron chi connectivity index (χ4n) is 2.74. The van der Waals surface area contributed by atoms with Crippen LogP contribution >= 0.6 is 11.3 Å². The molecule has 0 unspecified atom stereocenters. The second kappa shape index (κ2) is 7.95. The van der Waals surface area contributed by atoms with Crippen molar-refractivity contribution in [3.8, 4) is 0 Å². The summed E-state index contributed by atoms with van der Waals surface area (Å²) < 4.78 is 45.2. The lowest BCUT2D eigenvalue weighted by Gasteiger charge is -2.25. The first-order chi connectivity index (χ1) is 13.2. The SMILES string of the molecule is Cc1cc(F)ccc1C(=O)Nc1sc(S(=O)(=O)N2CCOCC2)cc1C(N)=O. The number of aryl methyl sites for hydroxylation is 1. The van der Waals surface area contributed by atoms with E-state index in [2.05, 4.69) is 5.32 Å². The maximum atomic E-state index is 13.2. The van der Waals surface area contributed by atoms with Crippen LogP contribution in [0.5, 0.6) is 0 Å². The first kappa shape index (κ1) is 20.4. The molecule has 1 aromatic heterocycles. The Hall–Kier alpha value is -2.34. The van der Waals surface area contributed by atoms with E-state index in [1.165, 1.54) is 16.4 Å². The Labute approximate surface area is 165 Å². The molecule has 0 radical (unpaired) electrons. The number of halogens is 1. The van der Waals surface area contributed by atoms with Crippen LogP contribution in [0, 0.1) is 12.7 Å². The van der Waals surface area contributed by atoms with Gasteiger partial charge >= 0.3 is 0 Å². The van der Waals surface area contributed by atoms with E-state index in [4.69, 9.17) is 10.5 Å². The van der Waals surface area contributed by atoms with Crippen molar-refractivity contribution >= 4 is 38.2 Å². The Bertz CT molecular complexity index is 1030. The number of thiophene rings is 1. The summed E-state index contributed by atoms with van der Waals surface area (Å²) in [6.45, 7) is 2.52. The zero-order valence-corrected chi connectivity index (χ0v) is 16.5. The summed E-state index contributed by atoms with van der Waals surface area (Å²) in [6, 6.07) is 4.81. The van der Waals surface area contributed by atoms with Gasteiger partial charge < -0.3 is 15.8 Å². The topological polar surface area (TPSA) is 119 Å². The lowest BCUT2D eigenvalue weighted by atomic mass is 10.1. The molecule has 1 saturated heterocycles. The molecule has 1 aliphatic heterocycles. The van der Waals surface area contributed by atoms with Gasteiger partial charge in [-0.3, -0.25) is 9.59 Å². The molecule has 2 aromatic rings. The highest BCUT2D eigenvalue weighted by Crippen LogP contribution is 2.33. The van der Waals surface area contributed by atoms with Crippen molar-refractivity contribution in [3.63, 3.8) is 0 Å². The molecule has 0 aliphatic carbocycles. The number of primary amides is 1. The van der Waals surface area contributed by atoms with Gasteiger partial charge in [-0.25, -0.2) is 12.8 Å². The zero-order chi connectivity index (χ0) is 20.5. The minimum Gasteiger partial charge on any atom is -0.379 e. The molecule has 0 bridgehead atoms. The van der Waals surface area contributed by atoms with Gasteiger partial charge in [-0.1, -0.05) is 0 Å². The van der Waals surface area contributed by atoms with E-state index >= 15 is 0 Å². The van der Waals surface area contributed by atoms with Gasteiger partial charge in [0, 0.05) is 18.7 Å². The Balaban J connectivity index is 1.93. The average molecular weight is 427 g/mol. The third-order valence-corrected chi connectivity index (χ3v) is 7.60. The second-order valence-electron chi connectivity index (χ2n) is 6.10. The highest BCUT2D eigenvalue weighted by molar-refractivity contribution is 7.91. The van der Waals surface area contributed by atoms with Crippen molar-refractivity contribution in [1.29, 1.82) is 0 Å². The molecule has 2 amide bonds. The van der Waals surface area contributed by atoms with Gasteiger partial charge in [0.05, 0.1) is 18.8 Å². The maximum Gasteiger partial charge on any atom is 0.256 e. The molecule has 0 atom stereocenters. The number of morpholine rings is 1. The lowest BCUT2D eigenvalue weighted by Crippen LogP contribution is -2.40. The molecule has 1 fully saturated rings. The molecule has 1 aliphatic rings. The summed E-state index contributed by atoms with van der Waals surface area (Å²) in [6.07, 6.45) is 0. The van der Waals surface area contributed by atoms with E-state index in [0.29, 0.717) is 5.56 Å². The first-order valence-electron chi connectivity index (χ1n) is 8.29. The first-order valence-corrected chi connectivity index (χ1v) is 10.5. The molecule has 0 saturated carbocycles. The van der Waals surface area contributed by atoms with Crippen LogP contribution in [0.1, 0.15) is 26.3 Å². The standard InChI is InChI=1S/C17H18FN3O5S2/c1-10-8-11(18)2-3-12(10)16(23)20-17-13(15(19)22)9-14(27-17)28(24,25)21-4-6-26-7-5-21/h2-3,8-9H,4-7H2,1H3,(H2,19,22)(H,20,23). The van der Waals surface area contributed by atoms with Crippen LogP contribution in [-0.2, 0) is 14.8 Å². The molecule has 2 heterocycles. The number of carbonyl (C=O) groups excluding carboxylic acids is 2. The molecular weight excluding hydrogens is 409 g/mol. The molecule has 3 N–H and O–H groups in total. The van der Waals surface area contributed by atoms with Crippen molar-refractivity contribution in [1.82, 2.24) is 4.31 Å². The number of benzene rings is 1. The number of nitrogens with one attached hydrogen (secondary N) is 1. The number of amides is 2. The third kappa shape index (κ3) is 4.07. The van der Waals surface area contributed by atoms with E-state index in [1.807, 2.05) is 0 Å². The zero-order valence-electron chi connectivity index (χ0n) is 14.9. The smallest absolute Gasteiger partial charge is 0.256 e. The molecule has 0 spiro atoms. The van der Waals surface area contributed by atoms with Crippen molar-refractivity contribution in [2.24, 2.45) is 5.73 Å². The summed E-state index contributed by atoms with van der Waals surface area (Å²) in [7, 11) is -3.85. The van der Waals surface area contributed by atoms with Crippen molar-refractivity contribution in [2.45, 2.75) is 11.1 Å². The van der Waals surface area contributed by atoms with E-state index in [-0.39, 0.29) is 46.6 Å². The van der Waals surface area contributed by atoms with E-state index in [9.17, 15) is 22.4 Å². The fourth-order valence-corrected chi connectivity index (χ4v) is 5.67. The monoisotopic (exact) mass is 427 g/mol. The molecule has 150 valence electrons. The predicted molar refractivity (Wildman–Crippen MR) is 102 cm³/mol. The van der Waals surface area contributed by atoms with Gasteiger partial charge in [0.2, 0.25) is 0 Å². The van der Waals surface area contributed by atoms with Crippen LogP contribution < -0.4 is 11.1 Å². The summed E-state index contributed by atoms with van der Waals surface area (Å²) in [4.78, 5) is 24.3. The number of ether oxygens (including phenoxy) is 1. The quantitative estimate of drug-likeness (QED) is 0.751. The number of nitrogens with two attached hydrogens (primary N) is 1. The summed E-state index contributed by atoms with van der Waals surface area (Å²) >= 11 is 0.743. The molecule has 1 aromatic carbocycles. The fraction of sp³-hybridized carbons (Fsp3) is 0.294. The van der Waals surface area contributed by atoms with E-state index in [1.54, 1.807) is 6.92 Å². The Morgan fingerprint density at radius 2 is 1.89 bits per heavy atom. The van der Waals surface area contributed by atoms with E-state index in [0.717, 1.165) is 23.5 Å². The van der Waals surface area contributed by atoms with Gasteiger partial charge in [-0.15, -0.1) is 11.3 Å². The van der Waals surface area contributed by atoms with Gasteiger partial charge in [0.1, 0.15) is 15.0 Å². The maximum absolute atomic E-state index is 13.2.